The van der Waals surface area contributed by atoms with Gasteiger partial charge in [-0.2, -0.15) is 0 Å². The zero-order valence-corrected chi connectivity index (χ0v) is 11.6. The zero-order chi connectivity index (χ0) is 12.2. The first-order valence-electron chi connectivity index (χ1n) is 7.98. The molecule has 0 unspecified atom stereocenters. The second-order valence-electron chi connectivity index (χ2n) is 6.41. The van der Waals surface area contributed by atoms with Gasteiger partial charge < -0.3 is 15.0 Å². The largest absolute Gasteiger partial charge is 0.375 e. The van der Waals surface area contributed by atoms with Gasteiger partial charge in [0.05, 0.1) is 12.2 Å². The maximum Gasteiger partial charge on any atom is 0.0603 e. The number of ether oxygens (including phenoxy) is 1. The van der Waals surface area contributed by atoms with E-state index in [1.165, 1.54) is 64.6 Å². The Morgan fingerprint density at radius 1 is 0.944 bits per heavy atom. The fourth-order valence-electron chi connectivity index (χ4n) is 3.65. The van der Waals surface area contributed by atoms with E-state index < -0.39 is 0 Å². The Morgan fingerprint density at radius 3 is 2.39 bits per heavy atom. The summed E-state index contributed by atoms with van der Waals surface area (Å²) in [7, 11) is 0. The van der Waals surface area contributed by atoms with Gasteiger partial charge in [0.15, 0.2) is 0 Å². The van der Waals surface area contributed by atoms with E-state index in [1.54, 1.807) is 0 Å². The number of nitrogens with one attached hydrogen (secondary N) is 1. The maximum absolute atomic E-state index is 6.19. The molecule has 18 heavy (non-hydrogen) atoms. The minimum atomic E-state index is 0.548. The van der Waals surface area contributed by atoms with Crippen molar-refractivity contribution in [2.24, 2.45) is 5.92 Å². The number of rotatable bonds is 4. The summed E-state index contributed by atoms with van der Waals surface area (Å²) in [4.78, 5) is 2.68. The van der Waals surface area contributed by atoms with Crippen molar-refractivity contribution >= 4 is 0 Å². The summed E-state index contributed by atoms with van der Waals surface area (Å²) in [5.41, 5.74) is 0. The summed E-state index contributed by atoms with van der Waals surface area (Å²) in [6.45, 7) is 6.32. The fraction of sp³-hybridized carbons (Fsp3) is 1.00. The first-order chi connectivity index (χ1) is 8.90. The molecule has 3 nitrogen and oxygen atoms in total. The molecule has 0 radical (unpaired) electrons. The highest BCUT2D eigenvalue weighted by molar-refractivity contribution is 4.85. The molecular formula is C15H28N2O. The molecule has 0 bridgehead atoms. The van der Waals surface area contributed by atoms with Gasteiger partial charge in [-0.3, -0.25) is 0 Å². The van der Waals surface area contributed by atoms with Crippen LogP contribution in [-0.4, -0.2) is 49.8 Å². The van der Waals surface area contributed by atoms with E-state index in [9.17, 15) is 0 Å². The molecule has 1 saturated carbocycles. The summed E-state index contributed by atoms with van der Waals surface area (Å²) in [6, 6.07) is 0. The minimum absolute atomic E-state index is 0.548. The second kappa shape index (κ2) is 6.36. The van der Waals surface area contributed by atoms with E-state index in [1.807, 2.05) is 0 Å². The third kappa shape index (κ3) is 3.46. The molecule has 0 amide bonds. The summed E-state index contributed by atoms with van der Waals surface area (Å²) < 4.78 is 6.19. The van der Waals surface area contributed by atoms with Gasteiger partial charge in [-0.05, 0) is 70.6 Å². The number of nitrogens with zero attached hydrogens (tertiary/aromatic N) is 1. The third-order valence-electron chi connectivity index (χ3n) is 4.83. The summed E-state index contributed by atoms with van der Waals surface area (Å²) in [6.07, 6.45) is 10.5. The van der Waals surface area contributed by atoms with Crippen molar-refractivity contribution in [2.45, 2.75) is 57.2 Å². The summed E-state index contributed by atoms with van der Waals surface area (Å²) in [5.74, 6) is 0.926. The zero-order valence-electron chi connectivity index (χ0n) is 11.6. The summed E-state index contributed by atoms with van der Waals surface area (Å²) in [5, 5.41) is 3.40. The monoisotopic (exact) mass is 252 g/mol. The Kier molecular flexibility index (Phi) is 4.55. The molecular weight excluding hydrogens is 224 g/mol. The third-order valence-corrected chi connectivity index (χ3v) is 4.83. The number of likely N-dealkylation sites (tertiary alicyclic amines) is 1. The number of piperidine rings is 2. The molecule has 3 heteroatoms. The maximum atomic E-state index is 6.19. The average Bonchev–Trinajstić information content (AvgIpc) is 2.39. The van der Waals surface area contributed by atoms with Gasteiger partial charge in [-0.15, -0.1) is 0 Å². The van der Waals surface area contributed by atoms with E-state index in [0.29, 0.717) is 12.2 Å². The van der Waals surface area contributed by atoms with Crippen molar-refractivity contribution in [2.75, 3.05) is 32.7 Å². The Bertz CT molecular complexity index is 217. The Balaban J connectivity index is 1.30. The molecule has 0 aromatic rings. The molecule has 104 valence electrons. The van der Waals surface area contributed by atoms with Gasteiger partial charge in [-0.1, -0.05) is 6.42 Å². The molecule has 0 spiro atoms. The quantitative estimate of drug-likeness (QED) is 0.828. The van der Waals surface area contributed by atoms with Gasteiger partial charge in [0.1, 0.15) is 0 Å². The first kappa shape index (κ1) is 12.9. The van der Waals surface area contributed by atoms with Crippen molar-refractivity contribution in [3.8, 4) is 0 Å². The highest BCUT2D eigenvalue weighted by Gasteiger charge is 2.33. The van der Waals surface area contributed by atoms with E-state index >= 15 is 0 Å². The van der Waals surface area contributed by atoms with Gasteiger partial charge in [0.25, 0.3) is 0 Å². The molecule has 2 aliphatic heterocycles. The Morgan fingerprint density at radius 2 is 1.67 bits per heavy atom. The van der Waals surface area contributed by atoms with Gasteiger partial charge >= 0.3 is 0 Å². The second-order valence-corrected chi connectivity index (χ2v) is 6.41. The first-order valence-corrected chi connectivity index (χ1v) is 7.98. The van der Waals surface area contributed by atoms with Crippen LogP contribution < -0.4 is 5.32 Å². The van der Waals surface area contributed by atoms with Crippen molar-refractivity contribution < 1.29 is 4.74 Å². The van der Waals surface area contributed by atoms with Gasteiger partial charge in [0, 0.05) is 6.54 Å². The molecule has 3 aliphatic rings. The average molecular weight is 252 g/mol. The van der Waals surface area contributed by atoms with Crippen LogP contribution in [0.3, 0.4) is 0 Å². The van der Waals surface area contributed by atoms with E-state index in [-0.39, 0.29) is 0 Å². The Hall–Kier alpha value is -0.120. The molecule has 1 N–H and O–H groups in total. The van der Waals surface area contributed by atoms with Crippen LogP contribution in [-0.2, 0) is 4.74 Å². The molecule has 2 saturated heterocycles. The molecule has 0 aromatic carbocycles. The van der Waals surface area contributed by atoms with E-state index in [4.69, 9.17) is 4.74 Å². The number of hydrogen-bond acceptors (Lipinski definition) is 3. The lowest BCUT2D eigenvalue weighted by molar-refractivity contribution is -0.0895. The lowest BCUT2D eigenvalue weighted by atomic mass is 9.81. The molecule has 3 fully saturated rings. The molecule has 2 heterocycles. The van der Waals surface area contributed by atoms with Crippen LogP contribution in [0.2, 0.25) is 0 Å². The van der Waals surface area contributed by atoms with Crippen LogP contribution in [0.15, 0.2) is 0 Å². The van der Waals surface area contributed by atoms with Crippen molar-refractivity contribution in [3.63, 3.8) is 0 Å². The normalized spacial score (nSPS) is 35.3. The summed E-state index contributed by atoms with van der Waals surface area (Å²) >= 11 is 0. The predicted molar refractivity (Wildman–Crippen MR) is 73.8 cm³/mol. The number of hydrogen-bond donors (Lipinski definition) is 1. The van der Waals surface area contributed by atoms with Crippen LogP contribution in [0.5, 0.6) is 0 Å². The van der Waals surface area contributed by atoms with E-state index in [2.05, 4.69) is 10.2 Å². The molecule has 3 rings (SSSR count). The lowest BCUT2D eigenvalue weighted by Gasteiger charge is -2.41. The fourth-order valence-corrected chi connectivity index (χ4v) is 3.65. The highest BCUT2D eigenvalue weighted by atomic mass is 16.5. The van der Waals surface area contributed by atoms with Gasteiger partial charge in [0.2, 0.25) is 0 Å². The van der Waals surface area contributed by atoms with Crippen LogP contribution in [0.4, 0.5) is 0 Å². The van der Waals surface area contributed by atoms with Crippen LogP contribution in [0, 0.1) is 5.92 Å². The standard InChI is InChI=1S/C15H28N2O/c1-2-8-17(9-3-1)12-13-10-15(11-13)18-14-4-6-16-7-5-14/h13-16H,1-12H2/t13-,15-. The smallest absolute Gasteiger partial charge is 0.0603 e. The predicted octanol–water partition coefficient (Wildman–Crippen LogP) is 2.02. The van der Waals surface area contributed by atoms with E-state index in [0.717, 1.165) is 19.0 Å². The van der Waals surface area contributed by atoms with Crippen molar-refractivity contribution in [1.29, 1.82) is 0 Å². The lowest BCUT2D eigenvalue weighted by Crippen LogP contribution is -2.44. The molecule has 0 atom stereocenters. The van der Waals surface area contributed by atoms with Crippen LogP contribution in [0.1, 0.15) is 44.9 Å². The topological polar surface area (TPSA) is 24.5 Å². The van der Waals surface area contributed by atoms with Crippen molar-refractivity contribution in [3.05, 3.63) is 0 Å². The molecule has 1 aliphatic carbocycles. The Labute approximate surface area is 111 Å². The van der Waals surface area contributed by atoms with Gasteiger partial charge in [-0.25, -0.2) is 0 Å². The van der Waals surface area contributed by atoms with Crippen LogP contribution in [0.25, 0.3) is 0 Å². The highest BCUT2D eigenvalue weighted by Crippen LogP contribution is 2.33. The molecule has 0 aromatic heterocycles. The van der Waals surface area contributed by atoms with Crippen molar-refractivity contribution in [1.82, 2.24) is 10.2 Å². The SMILES string of the molecule is C1CCN(C[C@H]2C[C@H](OC3CCNCC3)C2)CC1. The van der Waals surface area contributed by atoms with Crippen LogP contribution >= 0.6 is 0 Å². The minimum Gasteiger partial charge on any atom is -0.375 e.